The molecule has 2 rings (SSSR count). The van der Waals surface area contributed by atoms with Crippen LogP contribution in [0, 0.1) is 5.21 Å². The lowest BCUT2D eigenvalue weighted by molar-refractivity contribution is -0.760. The first-order valence-corrected chi connectivity index (χ1v) is 4.79. The minimum Gasteiger partial charge on any atom is -0.618 e. The molecule has 1 unspecified atom stereocenters. The molecule has 0 spiro atoms. The Morgan fingerprint density at radius 1 is 1.33 bits per heavy atom. The van der Waals surface area contributed by atoms with Crippen LogP contribution in [0.3, 0.4) is 0 Å². The van der Waals surface area contributed by atoms with E-state index in [1.165, 1.54) is 6.20 Å². The predicted octanol–water partition coefficient (Wildman–Crippen LogP) is 1.74. The van der Waals surface area contributed by atoms with Gasteiger partial charge in [0.2, 0.25) is 0 Å². The molecule has 2 amide bonds. The fourth-order valence-electron chi connectivity index (χ4n) is 1.55. The number of nitrogens with zero attached hydrogens (tertiary/aromatic N) is 1. The van der Waals surface area contributed by atoms with Crippen LogP contribution >= 0.6 is 0 Å². The van der Waals surface area contributed by atoms with E-state index in [9.17, 15) is 10.0 Å². The van der Waals surface area contributed by atoms with E-state index in [0.29, 0.717) is 6.54 Å². The standard InChI is InChI=1S/C11H12N2O2/c14-11-12-7-4-8-13(11,15)9-10-5-2-1-3-6-10/h1-6,8H,7,9H2,(H,12,14). The van der Waals surface area contributed by atoms with Gasteiger partial charge in [-0.15, -0.1) is 0 Å². The molecule has 1 heterocycles. The van der Waals surface area contributed by atoms with Crippen LogP contribution in [0.5, 0.6) is 0 Å². The highest BCUT2D eigenvalue weighted by atomic mass is 16.6. The van der Waals surface area contributed by atoms with Gasteiger partial charge < -0.3 is 10.5 Å². The molecule has 1 atom stereocenters. The Hall–Kier alpha value is -1.65. The van der Waals surface area contributed by atoms with E-state index in [1.807, 2.05) is 30.3 Å². The molecule has 0 aromatic heterocycles. The first-order valence-electron chi connectivity index (χ1n) is 4.79. The summed E-state index contributed by atoms with van der Waals surface area (Å²) < 4.78 is -0.954. The van der Waals surface area contributed by atoms with Crippen molar-refractivity contribution in [2.75, 3.05) is 6.54 Å². The van der Waals surface area contributed by atoms with Crippen LogP contribution in [0.15, 0.2) is 42.6 Å². The summed E-state index contributed by atoms with van der Waals surface area (Å²) in [5.41, 5.74) is 0.856. The zero-order valence-electron chi connectivity index (χ0n) is 8.22. The average molecular weight is 204 g/mol. The smallest absolute Gasteiger partial charge is 0.421 e. The maximum Gasteiger partial charge on any atom is 0.421 e. The third-order valence-corrected chi connectivity index (χ3v) is 2.32. The fraction of sp³-hybridized carbons (Fsp3) is 0.182. The van der Waals surface area contributed by atoms with E-state index in [-0.39, 0.29) is 6.54 Å². The van der Waals surface area contributed by atoms with E-state index in [2.05, 4.69) is 5.32 Å². The van der Waals surface area contributed by atoms with Gasteiger partial charge in [-0.1, -0.05) is 30.3 Å². The Bertz CT molecular complexity index is 389. The van der Waals surface area contributed by atoms with Crippen molar-refractivity contribution in [2.24, 2.45) is 0 Å². The summed E-state index contributed by atoms with van der Waals surface area (Å²) in [6.07, 6.45) is 3.07. The molecule has 0 bridgehead atoms. The number of benzene rings is 1. The largest absolute Gasteiger partial charge is 0.618 e. The molecule has 1 aliphatic heterocycles. The lowest BCUT2D eigenvalue weighted by Crippen LogP contribution is -2.51. The van der Waals surface area contributed by atoms with Crippen molar-refractivity contribution in [1.29, 1.82) is 0 Å². The molecule has 0 saturated carbocycles. The second kappa shape index (κ2) is 3.84. The summed E-state index contributed by atoms with van der Waals surface area (Å²) in [7, 11) is 0. The Kier molecular flexibility index (Phi) is 2.53. The van der Waals surface area contributed by atoms with Gasteiger partial charge in [0, 0.05) is 12.1 Å². The number of hydrogen-bond donors (Lipinski definition) is 1. The van der Waals surface area contributed by atoms with E-state index in [4.69, 9.17) is 0 Å². The zero-order chi connectivity index (χ0) is 10.7. The minimum atomic E-state index is -0.954. The van der Waals surface area contributed by atoms with Gasteiger partial charge in [0.05, 0.1) is 0 Å². The number of carbonyl (C=O) groups excluding carboxylic acids is 1. The molecule has 0 saturated heterocycles. The maximum absolute atomic E-state index is 12.1. The molecule has 0 radical (unpaired) electrons. The molecule has 0 aliphatic carbocycles. The van der Waals surface area contributed by atoms with Gasteiger partial charge in [0.15, 0.2) is 0 Å². The molecule has 1 aromatic rings. The third-order valence-electron chi connectivity index (χ3n) is 2.32. The highest BCUT2D eigenvalue weighted by Crippen LogP contribution is 2.16. The minimum absolute atomic E-state index is 0.142. The molecule has 1 aromatic carbocycles. The third kappa shape index (κ3) is 2.06. The van der Waals surface area contributed by atoms with Gasteiger partial charge in [-0.05, 0) is 6.08 Å². The van der Waals surface area contributed by atoms with E-state index >= 15 is 0 Å². The Morgan fingerprint density at radius 3 is 2.73 bits per heavy atom. The van der Waals surface area contributed by atoms with Crippen LogP contribution in [0.4, 0.5) is 4.79 Å². The zero-order valence-corrected chi connectivity index (χ0v) is 8.22. The molecule has 15 heavy (non-hydrogen) atoms. The molecule has 4 heteroatoms. The van der Waals surface area contributed by atoms with Crippen LogP contribution in [-0.2, 0) is 6.54 Å². The summed E-state index contributed by atoms with van der Waals surface area (Å²) in [6.45, 7) is 0.582. The molecule has 1 N–H and O–H groups in total. The fourth-order valence-corrected chi connectivity index (χ4v) is 1.55. The van der Waals surface area contributed by atoms with Crippen LogP contribution in [0.25, 0.3) is 0 Å². The van der Waals surface area contributed by atoms with Crippen LogP contribution in [0.1, 0.15) is 5.56 Å². The number of carbonyl (C=O) groups is 1. The first kappa shape index (κ1) is 9.89. The number of quaternary nitrogens is 1. The van der Waals surface area contributed by atoms with Gasteiger partial charge in [-0.25, -0.2) is 9.44 Å². The molecular weight excluding hydrogens is 192 g/mol. The summed E-state index contributed by atoms with van der Waals surface area (Å²) in [4.78, 5) is 11.4. The summed E-state index contributed by atoms with van der Waals surface area (Å²) in [6, 6.07) is 8.77. The average Bonchev–Trinajstić information content (AvgIpc) is 2.24. The van der Waals surface area contributed by atoms with Crippen LogP contribution < -0.4 is 5.32 Å². The number of amides is 2. The first-order chi connectivity index (χ1) is 7.21. The summed E-state index contributed by atoms with van der Waals surface area (Å²) in [5.74, 6) is 0. The predicted molar refractivity (Wildman–Crippen MR) is 56.3 cm³/mol. The van der Waals surface area contributed by atoms with Gasteiger partial charge in [0.25, 0.3) is 0 Å². The van der Waals surface area contributed by atoms with E-state index < -0.39 is 10.7 Å². The molecule has 1 aliphatic rings. The second-order valence-corrected chi connectivity index (χ2v) is 3.51. The quantitative estimate of drug-likeness (QED) is 0.589. The van der Waals surface area contributed by atoms with Crippen molar-refractivity contribution in [2.45, 2.75) is 6.54 Å². The number of rotatable bonds is 2. The Morgan fingerprint density at radius 2 is 2.07 bits per heavy atom. The number of hydrogen-bond acceptors (Lipinski definition) is 2. The number of nitrogens with one attached hydrogen (secondary N) is 1. The van der Waals surface area contributed by atoms with Gasteiger partial charge in [0.1, 0.15) is 12.7 Å². The maximum atomic E-state index is 12.1. The van der Waals surface area contributed by atoms with Crippen molar-refractivity contribution >= 4 is 6.03 Å². The molecular formula is C11H12N2O2. The number of hydroxylamine groups is 3. The Balaban J connectivity index is 2.20. The summed E-state index contributed by atoms with van der Waals surface area (Å²) >= 11 is 0. The van der Waals surface area contributed by atoms with Gasteiger partial charge in [-0.2, -0.15) is 0 Å². The Labute approximate surface area is 88.0 Å². The lowest BCUT2D eigenvalue weighted by atomic mass is 10.2. The topological polar surface area (TPSA) is 52.2 Å². The van der Waals surface area contributed by atoms with Gasteiger partial charge >= 0.3 is 6.03 Å². The molecule has 4 nitrogen and oxygen atoms in total. The second-order valence-electron chi connectivity index (χ2n) is 3.51. The van der Waals surface area contributed by atoms with Crippen molar-refractivity contribution < 1.29 is 9.44 Å². The number of urea groups is 1. The normalized spacial score (nSPS) is 25.0. The SMILES string of the molecule is O=C1NCC=C[N+]1([O-])Cc1ccccc1. The van der Waals surface area contributed by atoms with Crippen molar-refractivity contribution in [3.63, 3.8) is 0 Å². The molecule has 78 valence electrons. The highest BCUT2D eigenvalue weighted by molar-refractivity contribution is 5.68. The van der Waals surface area contributed by atoms with Crippen molar-refractivity contribution in [3.8, 4) is 0 Å². The summed E-state index contributed by atoms with van der Waals surface area (Å²) in [5, 5.41) is 14.6. The van der Waals surface area contributed by atoms with Gasteiger partial charge in [-0.3, -0.25) is 0 Å². The highest BCUT2D eigenvalue weighted by Gasteiger charge is 2.27. The van der Waals surface area contributed by atoms with Crippen molar-refractivity contribution in [1.82, 2.24) is 5.32 Å². The van der Waals surface area contributed by atoms with Crippen LogP contribution in [0.2, 0.25) is 0 Å². The molecule has 0 fully saturated rings. The van der Waals surface area contributed by atoms with Crippen molar-refractivity contribution in [3.05, 3.63) is 53.4 Å². The van der Waals surface area contributed by atoms with E-state index in [0.717, 1.165) is 5.56 Å². The van der Waals surface area contributed by atoms with E-state index in [1.54, 1.807) is 6.08 Å². The lowest BCUT2D eigenvalue weighted by Gasteiger charge is -2.37. The monoisotopic (exact) mass is 204 g/mol. The van der Waals surface area contributed by atoms with Crippen LogP contribution in [-0.4, -0.2) is 17.2 Å².